The minimum Gasteiger partial charge on any atom is -0.388 e. The van der Waals surface area contributed by atoms with Crippen LogP contribution in [0.2, 0.25) is 5.02 Å². The fraction of sp³-hybridized carbons (Fsp3) is 0.300. The zero-order valence-electron chi connectivity index (χ0n) is 14.5. The predicted molar refractivity (Wildman–Crippen MR) is 102 cm³/mol. The first kappa shape index (κ1) is 17.3. The fourth-order valence-corrected chi connectivity index (χ4v) is 3.52. The molecule has 2 aliphatic heterocycles. The first-order chi connectivity index (χ1) is 13.2. The van der Waals surface area contributed by atoms with Crippen molar-refractivity contribution in [1.29, 1.82) is 5.26 Å². The molecule has 134 valence electrons. The molecular weight excluding hydrogens is 362 g/mol. The maximum Gasteiger partial charge on any atom is 0.183 e. The lowest BCUT2D eigenvalue weighted by Crippen LogP contribution is -2.45. The molecule has 0 atom stereocenters. The summed E-state index contributed by atoms with van der Waals surface area (Å²) in [6.45, 7) is 1.47. The van der Waals surface area contributed by atoms with Gasteiger partial charge in [0.1, 0.15) is 17.4 Å². The molecule has 0 N–H and O–H groups in total. The molecule has 4 rings (SSSR count). The summed E-state index contributed by atoms with van der Waals surface area (Å²) >= 11 is 5.99. The van der Waals surface area contributed by atoms with Gasteiger partial charge in [0.15, 0.2) is 11.5 Å². The van der Waals surface area contributed by atoms with Crippen molar-refractivity contribution in [3.63, 3.8) is 0 Å². The first-order valence-corrected chi connectivity index (χ1v) is 9.04. The van der Waals surface area contributed by atoms with Crippen LogP contribution in [0.3, 0.4) is 0 Å². The van der Waals surface area contributed by atoms with Gasteiger partial charge in [-0.15, -0.1) is 0 Å². The van der Waals surface area contributed by atoms with Crippen molar-refractivity contribution in [3.05, 3.63) is 52.9 Å². The van der Waals surface area contributed by atoms with Gasteiger partial charge in [0.05, 0.1) is 0 Å². The van der Waals surface area contributed by atoms with E-state index in [0.29, 0.717) is 23.0 Å². The van der Waals surface area contributed by atoms with Crippen LogP contribution >= 0.6 is 11.6 Å². The number of halogens is 1. The first-order valence-electron chi connectivity index (χ1n) is 8.66. The van der Waals surface area contributed by atoms with Crippen molar-refractivity contribution >= 4 is 23.1 Å². The number of oxime groups is 1. The Morgan fingerprint density at radius 3 is 2.74 bits per heavy atom. The van der Waals surface area contributed by atoms with Gasteiger partial charge in [-0.3, -0.25) is 0 Å². The summed E-state index contributed by atoms with van der Waals surface area (Å²) in [4.78, 5) is 16.3. The monoisotopic (exact) mass is 377 g/mol. The van der Waals surface area contributed by atoms with Crippen molar-refractivity contribution in [3.8, 4) is 17.9 Å². The summed E-state index contributed by atoms with van der Waals surface area (Å²) in [7, 11) is 0. The zero-order chi connectivity index (χ0) is 18.7. The van der Waals surface area contributed by atoms with Crippen LogP contribution in [0, 0.1) is 23.2 Å². The fourth-order valence-electron chi connectivity index (χ4n) is 3.33. The molecule has 0 saturated carbocycles. The SMILES string of the molecule is N#Cc1nccnc1N1CCC2(CC1)CC(C#Cc1cccc(Cl)c1)=NO2. The molecular formula is C20H16ClN5O. The van der Waals surface area contributed by atoms with Gasteiger partial charge in [-0.25, -0.2) is 9.97 Å². The van der Waals surface area contributed by atoms with Crippen LogP contribution in [0.4, 0.5) is 5.82 Å². The van der Waals surface area contributed by atoms with E-state index >= 15 is 0 Å². The molecule has 6 nitrogen and oxygen atoms in total. The smallest absolute Gasteiger partial charge is 0.183 e. The van der Waals surface area contributed by atoms with Crippen LogP contribution in [0.1, 0.15) is 30.5 Å². The molecule has 0 unspecified atom stereocenters. The van der Waals surface area contributed by atoms with Gasteiger partial charge in [0.25, 0.3) is 0 Å². The normalized spacial score (nSPS) is 17.5. The van der Waals surface area contributed by atoms with Crippen LogP contribution in [-0.2, 0) is 4.84 Å². The topological polar surface area (TPSA) is 74.4 Å². The van der Waals surface area contributed by atoms with E-state index in [1.165, 1.54) is 6.20 Å². The highest BCUT2D eigenvalue weighted by atomic mass is 35.5. The van der Waals surface area contributed by atoms with E-state index < -0.39 is 0 Å². The van der Waals surface area contributed by atoms with Crippen LogP contribution in [-0.4, -0.2) is 34.4 Å². The lowest BCUT2D eigenvalue weighted by atomic mass is 9.87. The molecule has 0 aliphatic carbocycles. The zero-order valence-corrected chi connectivity index (χ0v) is 15.3. The second-order valence-corrected chi connectivity index (χ2v) is 7.01. The number of piperidine rings is 1. The lowest BCUT2D eigenvalue weighted by Gasteiger charge is -2.37. The number of hydrogen-bond acceptors (Lipinski definition) is 6. The van der Waals surface area contributed by atoms with E-state index in [4.69, 9.17) is 16.4 Å². The molecule has 3 heterocycles. The van der Waals surface area contributed by atoms with E-state index in [-0.39, 0.29) is 5.60 Å². The Bertz CT molecular complexity index is 993. The van der Waals surface area contributed by atoms with Gasteiger partial charge in [-0.2, -0.15) is 5.26 Å². The standard InChI is InChI=1S/C20H16ClN5O/c21-16-3-1-2-15(12-16)4-5-17-13-20(27-25-17)6-10-26(11-7-20)19-18(14-22)23-8-9-24-19/h1-3,8-9,12H,6-7,10-11,13H2. The van der Waals surface area contributed by atoms with Crippen LogP contribution in [0.25, 0.3) is 0 Å². The van der Waals surface area contributed by atoms with Crippen LogP contribution in [0.5, 0.6) is 0 Å². The summed E-state index contributed by atoms with van der Waals surface area (Å²) in [5.41, 5.74) is 1.64. The highest BCUT2D eigenvalue weighted by Crippen LogP contribution is 2.35. The Morgan fingerprint density at radius 2 is 1.96 bits per heavy atom. The minimum atomic E-state index is -0.316. The summed E-state index contributed by atoms with van der Waals surface area (Å²) in [6, 6.07) is 9.53. The largest absolute Gasteiger partial charge is 0.388 e. The minimum absolute atomic E-state index is 0.316. The van der Waals surface area contributed by atoms with Crippen molar-refractivity contribution in [2.45, 2.75) is 24.9 Å². The van der Waals surface area contributed by atoms with E-state index in [0.717, 1.165) is 37.2 Å². The molecule has 2 aliphatic rings. The Hall–Kier alpha value is -3.09. The third kappa shape index (κ3) is 3.72. The van der Waals surface area contributed by atoms with Gasteiger partial charge in [-0.05, 0) is 24.1 Å². The number of benzene rings is 1. The molecule has 7 heteroatoms. The summed E-state index contributed by atoms with van der Waals surface area (Å²) in [5, 5.41) is 14.1. The van der Waals surface area contributed by atoms with Crippen molar-refractivity contribution < 1.29 is 4.84 Å². The highest BCUT2D eigenvalue weighted by Gasteiger charge is 2.42. The summed E-state index contributed by atoms with van der Waals surface area (Å²) in [6.07, 6.45) is 5.42. The average molecular weight is 378 g/mol. The molecule has 2 aromatic rings. The van der Waals surface area contributed by atoms with Crippen LogP contribution in [0.15, 0.2) is 41.8 Å². The van der Waals surface area contributed by atoms with Gasteiger partial charge < -0.3 is 9.74 Å². The van der Waals surface area contributed by atoms with Gasteiger partial charge >= 0.3 is 0 Å². The van der Waals surface area contributed by atoms with E-state index in [9.17, 15) is 5.26 Å². The maximum absolute atomic E-state index is 9.21. The Kier molecular flexibility index (Phi) is 4.66. The predicted octanol–water partition coefficient (Wildman–Crippen LogP) is 3.17. The lowest BCUT2D eigenvalue weighted by molar-refractivity contribution is -0.0360. The molecule has 0 amide bonds. The molecule has 1 aromatic carbocycles. The third-order valence-corrected chi connectivity index (χ3v) is 5.01. The van der Waals surface area contributed by atoms with Crippen molar-refractivity contribution in [2.24, 2.45) is 5.16 Å². The van der Waals surface area contributed by atoms with Crippen molar-refractivity contribution in [2.75, 3.05) is 18.0 Å². The van der Waals surface area contributed by atoms with E-state index in [1.54, 1.807) is 6.20 Å². The number of nitriles is 1. The Morgan fingerprint density at radius 1 is 1.15 bits per heavy atom. The molecule has 0 radical (unpaired) electrons. The van der Waals surface area contributed by atoms with E-state index in [2.05, 4.69) is 37.9 Å². The molecule has 27 heavy (non-hydrogen) atoms. The number of rotatable bonds is 1. The van der Waals surface area contributed by atoms with Gasteiger partial charge in [0.2, 0.25) is 0 Å². The number of aromatic nitrogens is 2. The van der Waals surface area contributed by atoms with Crippen molar-refractivity contribution in [1.82, 2.24) is 9.97 Å². The second-order valence-electron chi connectivity index (χ2n) is 6.58. The number of anilines is 1. The molecule has 1 aromatic heterocycles. The Labute approximate surface area is 162 Å². The summed E-state index contributed by atoms with van der Waals surface area (Å²) < 4.78 is 0. The Balaban J connectivity index is 1.40. The molecule has 0 bridgehead atoms. The molecule has 1 fully saturated rings. The molecule has 1 saturated heterocycles. The molecule has 1 spiro atoms. The van der Waals surface area contributed by atoms with Gasteiger partial charge in [0, 0.05) is 55.3 Å². The third-order valence-electron chi connectivity index (χ3n) is 4.77. The quantitative estimate of drug-likeness (QED) is 0.713. The summed E-state index contributed by atoms with van der Waals surface area (Å²) in [5.74, 6) is 6.82. The average Bonchev–Trinajstić information content (AvgIpc) is 3.10. The number of hydrogen-bond donors (Lipinski definition) is 0. The highest BCUT2D eigenvalue weighted by molar-refractivity contribution is 6.30. The maximum atomic E-state index is 9.21. The van der Waals surface area contributed by atoms with E-state index in [1.807, 2.05) is 24.3 Å². The number of nitrogens with zero attached hydrogens (tertiary/aromatic N) is 5. The van der Waals surface area contributed by atoms with Crippen LogP contribution < -0.4 is 4.90 Å². The van der Waals surface area contributed by atoms with Gasteiger partial charge in [-0.1, -0.05) is 28.7 Å². The second kappa shape index (κ2) is 7.26.